The molecule has 1 aromatic heterocycles. The van der Waals surface area contributed by atoms with Gasteiger partial charge in [0.2, 0.25) is 11.8 Å². The number of anilines is 2. The lowest BCUT2D eigenvalue weighted by molar-refractivity contribution is 0.457. The topological polar surface area (TPSA) is 62.3 Å². The summed E-state index contributed by atoms with van der Waals surface area (Å²) in [5.41, 5.74) is 0.961. The molecule has 0 spiro atoms. The van der Waals surface area contributed by atoms with Crippen molar-refractivity contribution in [3.63, 3.8) is 0 Å². The maximum atomic E-state index is 6.24. The van der Waals surface area contributed by atoms with Gasteiger partial charge in [-0.2, -0.15) is 9.97 Å². The molecular formula is C24H26ClN5OS. The molecule has 0 saturated carbocycles. The number of piperidine rings is 1. The van der Waals surface area contributed by atoms with E-state index in [0.29, 0.717) is 40.3 Å². The Morgan fingerprint density at radius 2 is 1.91 bits per heavy atom. The van der Waals surface area contributed by atoms with Crippen LogP contribution in [0.25, 0.3) is 0 Å². The van der Waals surface area contributed by atoms with Crippen molar-refractivity contribution in [2.24, 2.45) is 0 Å². The van der Waals surface area contributed by atoms with E-state index in [2.05, 4.69) is 27.4 Å². The molecule has 0 radical (unpaired) electrons. The summed E-state index contributed by atoms with van der Waals surface area (Å²) < 4.78 is 6.01. The van der Waals surface area contributed by atoms with Crippen LogP contribution < -0.4 is 20.3 Å². The van der Waals surface area contributed by atoms with Crippen LogP contribution >= 0.6 is 23.8 Å². The smallest absolute Gasteiger partial charge is 0.234 e. The minimum atomic E-state index is 0.392. The van der Waals surface area contributed by atoms with Gasteiger partial charge in [-0.25, -0.2) is 0 Å². The van der Waals surface area contributed by atoms with Crippen LogP contribution in [0.3, 0.4) is 0 Å². The Morgan fingerprint density at radius 3 is 2.69 bits per heavy atom. The van der Waals surface area contributed by atoms with E-state index in [1.807, 2.05) is 60.7 Å². The van der Waals surface area contributed by atoms with E-state index in [1.54, 1.807) is 0 Å². The highest BCUT2D eigenvalue weighted by Crippen LogP contribution is 2.28. The van der Waals surface area contributed by atoms with E-state index >= 15 is 0 Å². The summed E-state index contributed by atoms with van der Waals surface area (Å²) in [7, 11) is 0. The number of hydrogen-bond acceptors (Lipinski definition) is 5. The van der Waals surface area contributed by atoms with E-state index in [0.717, 1.165) is 30.8 Å². The van der Waals surface area contributed by atoms with Gasteiger partial charge in [0, 0.05) is 30.2 Å². The molecule has 2 heterocycles. The molecule has 166 valence electrons. The number of rotatable bonds is 6. The molecule has 2 N–H and O–H groups in total. The Morgan fingerprint density at radius 1 is 1.12 bits per heavy atom. The largest absolute Gasteiger partial charge is 0.439 e. The normalized spacial score (nSPS) is 15.8. The van der Waals surface area contributed by atoms with E-state index < -0.39 is 0 Å². The molecule has 0 amide bonds. The summed E-state index contributed by atoms with van der Waals surface area (Å²) >= 11 is 11.7. The van der Waals surface area contributed by atoms with Gasteiger partial charge in [-0.3, -0.25) is 0 Å². The van der Waals surface area contributed by atoms with Crippen molar-refractivity contribution in [2.45, 2.75) is 38.8 Å². The molecule has 2 aromatic carbocycles. The third kappa shape index (κ3) is 5.87. The average molecular weight is 468 g/mol. The van der Waals surface area contributed by atoms with E-state index in [9.17, 15) is 0 Å². The Hall–Kier alpha value is -2.90. The lowest BCUT2D eigenvalue weighted by atomic mass is 10.0. The van der Waals surface area contributed by atoms with Crippen molar-refractivity contribution in [3.05, 3.63) is 71.2 Å². The molecule has 32 heavy (non-hydrogen) atoms. The Labute approximate surface area is 199 Å². The molecule has 1 aliphatic rings. The molecular weight excluding hydrogens is 442 g/mol. The minimum Gasteiger partial charge on any atom is -0.439 e. The van der Waals surface area contributed by atoms with Gasteiger partial charge in [-0.05, 0) is 62.2 Å². The van der Waals surface area contributed by atoms with Crippen molar-refractivity contribution in [3.8, 4) is 11.6 Å². The van der Waals surface area contributed by atoms with Gasteiger partial charge in [0.15, 0.2) is 5.11 Å². The Balaban J connectivity index is 1.52. The first-order valence-electron chi connectivity index (χ1n) is 10.8. The maximum absolute atomic E-state index is 6.24. The number of nitrogens with zero attached hydrogens (tertiary/aromatic N) is 3. The van der Waals surface area contributed by atoms with Crippen LogP contribution in [0.1, 0.15) is 31.7 Å². The van der Waals surface area contributed by atoms with Crippen LogP contribution in [-0.2, 0) is 6.54 Å². The standard InChI is InChI=1S/C24H26ClN5OS/c1-17-9-7-8-14-30(17)21-15-22(31-19-11-3-2-4-12-19)28-23(27-21)29-24(32)26-16-18-10-5-6-13-20(18)25/h2-6,10-13,15,17H,7-9,14,16H2,1H3,(H2,26,27,28,29,32)/t17-/m1/s1. The van der Waals surface area contributed by atoms with Crippen molar-refractivity contribution in [1.82, 2.24) is 15.3 Å². The number of halogens is 1. The summed E-state index contributed by atoms with van der Waals surface area (Å²) in [5, 5.41) is 7.38. The number of aromatic nitrogens is 2. The first kappa shape index (κ1) is 22.3. The van der Waals surface area contributed by atoms with Crippen LogP contribution in [-0.4, -0.2) is 27.7 Å². The van der Waals surface area contributed by atoms with Crippen LogP contribution in [0.4, 0.5) is 11.8 Å². The summed E-state index contributed by atoms with van der Waals surface area (Å²) in [6.07, 6.45) is 3.51. The summed E-state index contributed by atoms with van der Waals surface area (Å²) in [6, 6.07) is 19.5. The monoisotopic (exact) mass is 467 g/mol. The van der Waals surface area contributed by atoms with Crippen LogP contribution in [0, 0.1) is 0 Å². The second-order valence-corrected chi connectivity index (χ2v) is 8.56. The third-order valence-corrected chi connectivity index (χ3v) is 5.99. The van der Waals surface area contributed by atoms with Crippen molar-refractivity contribution in [2.75, 3.05) is 16.8 Å². The quantitative estimate of drug-likeness (QED) is 0.445. The zero-order valence-electron chi connectivity index (χ0n) is 17.9. The number of thiocarbonyl (C=S) groups is 1. The van der Waals surface area contributed by atoms with Gasteiger partial charge in [-0.1, -0.05) is 48.0 Å². The molecule has 1 aliphatic heterocycles. The first-order chi connectivity index (χ1) is 15.6. The van der Waals surface area contributed by atoms with E-state index in [4.69, 9.17) is 33.5 Å². The van der Waals surface area contributed by atoms with Crippen molar-refractivity contribution in [1.29, 1.82) is 0 Å². The van der Waals surface area contributed by atoms with Crippen LogP contribution in [0.5, 0.6) is 11.6 Å². The molecule has 8 heteroatoms. The second kappa shape index (κ2) is 10.6. The first-order valence-corrected chi connectivity index (χ1v) is 11.5. The molecule has 0 unspecified atom stereocenters. The minimum absolute atomic E-state index is 0.392. The molecule has 0 bridgehead atoms. The van der Waals surface area contributed by atoms with Gasteiger partial charge < -0.3 is 20.3 Å². The highest BCUT2D eigenvalue weighted by molar-refractivity contribution is 7.80. The number of para-hydroxylation sites is 1. The molecule has 1 atom stereocenters. The lowest BCUT2D eigenvalue weighted by Gasteiger charge is -2.34. The predicted molar refractivity (Wildman–Crippen MR) is 134 cm³/mol. The van der Waals surface area contributed by atoms with Crippen LogP contribution in [0.15, 0.2) is 60.7 Å². The SMILES string of the molecule is C[C@@H]1CCCCN1c1cc(Oc2ccccc2)nc(NC(=S)NCc2ccccc2Cl)n1. The highest BCUT2D eigenvalue weighted by atomic mass is 35.5. The number of ether oxygens (including phenoxy) is 1. The molecule has 1 saturated heterocycles. The zero-order chi connectivity index (χ0) is 22.3. The van der Waals surface area contributed by atoms with Gasteiger partial charge in [0.1, 0.15) is 11.6 Å². The molecule has 4 rings (SSSR count). The summed E-state index contributed by atoms with van der Waals surface area (Å²) in [4.78, 5) is 11.6. The predicted octanol–water partition coefficient (Wildman–Crippen LogP) is 5.79. The second-order valence-electron chi connectivity index (χ2n) is 7.74. The van der Waals surface area contributed by atoms with Gasteiger partial charge in [0.25, 0.3) is 0 Å². The summed E-state index contributed by atoms with van der Waals surface area (Å²) in [5.74, 6) is 2.40. The van der Waals surface area contributed by atoms with Gasteiger partial charge in [0.05, 0.1) is 0 Å². The lowest BCUT2D eigenvalue weighted by Crippen LogP contribution is -2.38. The van der Waals surface area contributed by atoms with Crippen molar-refractivity contribution >= 4 is 40.7 Å². The number of hydrogen-bond donors (Lipinski definition) is 2. The maximum Gasteiger partial charge on any atom is 0.234 e. The fourth-order valence-corrected chi connectivity index (χ4v) is 4.04. The van der Waals surface area contributed by atoms with Crippen molar-refractivity contribution < 1.29 is 4.74 Å². The fourth-order valence-electron chi connectivity index (χ4n) is 3.68. The Kier molecular flexibility index (Phi) is 7.39. The van der Waals surface area contributed by atoms with E-state index in [1.165, 1.54) is 6.42 Å². The molecule has 6 nitrogen and oxygen atoms in total. The highest BCUT2D eigenvalue weighted by Gasteiger charge is 2.21. The molecule has 0 aliphatic carbocycles. The zero-order valence-corrected chi connectivity index (χ0v) is 19.5. The fraction of sp³-hybridized carbons (Fsp3) is 0.292. The third-order valence-electron chi connectivity index (χ3n) is 5.37. The number of benzene rings is 2. The Bertz CT molecular complexity index is 1070. The van der Waals surface area contributed by atoms with E-state index in [-0.39, 0.29) is 0 Å². The average Bonchev–Trinajstić information content (AvgIpc) is 2.79. The number of nitrogens with one attached hydrogen (secondary N) is 2. The molecule has 1 fully saturated rings. The van der Waals surface area contributed by atoms with Crippen LogP contribution in [0.2, 0.25) is 5.02 Å². The molecule has 3 aromatic rings. The van der Waals surface area contributed by atoms with Gasteiger partial charge >= 0.3 is 0 Å². The van der Waals surface area contributed by atoms with Gasteiger partial charge in [-0.15, -0.1) is 0 Å². The summed E-state index contributed by atoms with van der Waals surface area (Å²) in [6.45, 7) is 3.68.